The summed E-state index contributed by atoms with van der Waals surface area (Å²) < 4.78 is 4.78. The molecule has 1 heterocycles. The number of rotatable bonds is 3. The molecule has 0 radical (unpaired) electrons. The molecule has 4 heteroatoms. The summed E-state index contributed by atoms with van der Waals surface area (Å²) in [5.41, 5.74) is 0. The quantitative estimate of drug-likeness (QED) is 0.734. The molecule has 2 rings (SSSR count). The van der Waals surface area contributed by atoms with E-state index in [0.717, 1.165) is 25.9 Å². The Morgan fingerprint density at radius 2 is 2.29 bits per heavy atom. The van der Waals surface area contributed by atoms with Crippen molar-refractivity contribution >= 4 is 6.09 Å². The highest BCUT2D eigenvalue weighted by molar-refractivity contribution is 5.68. The number of carbonyl (C=O) groups excluding carboxylic acids is 1. The fraction of sp³-hybridized carbons (Fsp3) is 0.900. The van der Waals surface area contributed by atoms with Crippen molar-refractivity contribution in [3.05, 3.63) is 0 Å². The van der Waals surface area contributed by atoms with Gasteiger partial charge in [0.05, 0.1) is 7.11 Å². The lowest BCUT2D eigenvalue weighted by molar-refractivity contribution is 0.117. The van der Waals surface area contributed by atoms with E-state index >= 15 is 0 Å². The number of nitrogens with zero attached hydrogens (tertiary/aromatic N) is 1. The largest absolute Gasteiger partial charge is 0.453 e. The van der Waals surface area contributed by atoms with Gasteiger partial charge in [-0.3, -0.25) is 0 Å². The highest BCUT2D eigenvalue weighted by atomic mass is 16.5. The van der Waals surface area contributed by atoms with Crippen molar-refractivity contribution in [3.8, 4) is 0 Å². The van der Waals surface area contributed by atoms with E-state index in [1.807, 2.05) is 4.90 Å². The first-order chi connectivity index (χ1) is 6.81. The van der Waals surface area contributed by atoms with Crippen LogP contribution in [0, 0.1) is 0 Å². The van der Waals surface area contributed by atoms with E-state index in [-0.39, 0.29) is 6.09 Å². The second-order valence-electron chi connectivity index (χ2n) is 4.15. The summed E-state index contributed by atoms with van der Waals surface area (Å²) in [7, 11) is 1.46. The molecule has 1 aliphatic carbocycles. The molecule has 80 valence electrons. The zero-order valence-corrected chi connectivity index (χ0v) is 8.66. The van der Waals surface area contributed by atoms with Crippen LogP contribution in [0.15, 0.2) is 0 Å². The lowest BCUT2D eigenvalue weighted by Gasteiger charge is -2.24. The second-order valence-corrected chi connectivity index (χ2v) is 4.15. The Labute approximate surface area is 84.6 Å². The molecular weight excluding hydrogens is 180 g/mol. The van der Waals surface area contributed by atoms with Crippen LogP contribution < -0.4 is 5.32 Å². The zero-order chi connectivity index (χ0) is 9.97. The van der Waals surface area contributed by atoms with Crippen LogP contribution in [0.5, 0.6) is 0 Å². The van der Waals surface area contributed by atoms with E-state index in [0.29, 0.717) is 12.1 Å². The average molecular weight is 198 g/mol. The minimum atomic E-state index is -0.166. The van der Waals surface area contributed by atoms with E-state index in [2.05, 4.69) is 5.32 Å². The van der Waals surface area contributed by atoms with Gasteiger partial charge in [-0.25, -0.2) is 4.79 Å². The molecule has 0 spiro atoms. The van der Waals surface area contributed by atoms with Gasteiger partial charge >= 0.3 is 6.09 Å². The third-order valence-electron chi connectivity index (χ3n) is 2.98. The predicted molar refractivity (Wildman–Crippen MR) is 53.2 cm³/mol. The predicted octanol–water partition coefficient (Wildman–Crippen LogP) is 0.969. The smallest absolute Gasteiger partial charge is 0.409 e. The van der Waals surface area contributed by atoms with Crippen LogP contribution in [0.4, 0.5) is 4.79 Å². The second kappa shape index (κ2) is 4.17. The number of hydrogen-bond acceptors (Lipinski definition) is 3. The maximum Gasteiger partial charge on any atom is 0.409 e. The standard InChI is InChI=1S/C10H18N2O2/c1-14-10(13)12(9-4-5-9)7-8-3-2-6-11-8/h8-9,11H,2-7H2,1H3. The number of ether oxygens (including phenoxy) is 1. The summed E-state index contributed by atoms with van der Waals surface area (Å²) in [5, 5.41) is 3.40. The molecule has 1 saturated heterocycles. The first-order valence-electron chi connectivity index (χ1n) is 5.39. The third-order valence-corrected chi connectivity index (χ3v) is 2.98. The number of carbonyl (C=O) groups is 1. The molecule has 0 bridgehead atoms. The summed E-state index contributed by atoms with van der Waals surface area (Å²) >= 11 is 0. The van der Waals surface area contributed by atoms with Crippen LogP contribution in [0.3, 0.4) is 0 Å². The van der Waals surface area contributed by atoms with Crippen molar-refractivity contribution in [2.24, 2.45) is 0 Å². The van der Waals surface area contributed by atoms with Crippen LogP contribution in [0.25, 0.3) is 0 Å². The van der Waals surface area contributed by atoms with Gasteiger partial charge in [-0.2, -0.15) is 0 Å². The normalized spacial score (nSPS) is 26.2. The topological polar surface area (TPSA) is 41.6 Å². The number of amides is 1. The van der Waals surface area contributed by atoms with Crippen molar-refractivity contribution in [3.63, 3.8) is 0 Å². The highest BCUT2D eigenvalue weighted by Crippen LogP contribution is 2.28. The summed E-state index contributed by atoms with van der Waals surface area (Å²) in [6.45, 7) is 1.90. The Balaban J connectivity index is 1.86. The Bertz CT molecular complexity index is 210. The van der Waals surface area contributed by atoms with E-state index in [1.54, 1.807) is 0 Å². The van der Waals surface area contributed by atoms with E-state index < -0.39 is 0 Å². The van der Waals surface area contributed by atoms with Gasteiger partial charge in [0.25, 0.3) is 0 Å². The van der Waals surface area contributed by atoms with Crippen molar-refractivity contribution in [2.45, 2.75) is 37.8 Å². The maximum atomic E-state index is 11.5. The molecule has 2 fully saturated rings. The minimum Gasteiger partial charge on any atom is -0.453 e. The van der Waals surface area contributed by atoms with Crippen LogP contribution in [-0.4, -0.2) is 43.3 Å². The van der Waals surface area contributed by atoms with Gasteiger partial charge in [-0.1, -0.05) is 0 Å². The van der Waals surface area contributed by atoms with Crippen molar-refractivity contribution < 1.29 is 9.53 Å². The highest BCUT2D eigenvalue weighted by Gasteiger charge is 2.35. The summed E-state index contributed by atoms with van der Waals surface area (Å²) in [5.74, 6) is 0. The summed E-state index contributed by atoms with van der Waals surface area (Å²) in [6.07, 6.45) is 4.52. The van der Waals surface area contributed by atoms with Crippen molar-refractivity contribution in [1.29, 1.82) is 0 Å². The molecule has 1 atom stereocenters. The zero-order valence-electron chi connectivity index (χ0n) is 8.66. The van der Waals surface area contributed by atoms with E-state index in [4.69, 9.17) is 4.74 Å². The van der Waals surface area contributed by atoms with Crippen molar-refractivity contribution in [1.82, 2.24) is 10.2 Å². The lowest BCUT2D eigenvalue weighted by Crippen LogP contribution is -2.42. The van der Waals surface area contributed by atoms with Gasteiger partial charge in [-0.15, -0.1) is 0 Å². The maximum absolute atomic E-state index is 11.5. The molecule has 1 aliphatic heterocycles. The van der Waals surface area contributed by atoms with Gasteiger partial charge in [0.1, 0.15) is 0 Å². The molecule has 0 aromatic carbocycles. The fourth-order valence-electron chi connectivity index (χ4n) is 2.03. The van der Waals surface area contributed by atoms with Crippen LogP contribution in [0.2, 0.25) is 0 Å². The molecule has 2 aliphatic rings. The van der Waals surface area contributed by atoms with Crippen LogP contribution in [-0.2, 0) is 4.74 Å². The number of nitrogens with one attached hydrogen (secondary N) is 1. The van der Waals surface area contributed by atoms with Gasteiger partial charge < -0.3 is 15.0 Å². The average Bonchev–Trinajstić information content (AvgIpc) is 2.92. The van der Waals surface area contributed by atoms with E-state index in [9.17, 15) is 4.79 Å². The Hall–Kier alpha value is -0.770. The molecule has 1 N–H and O–H groups in total. The van der Waals surface area contributed by atoms with Gasteiger partial charge in [0.15, 0.2) is 0 Å². The SMILES string of the molecule is COC(=O)N(CC1CCCN1)C1CC1. The Kier molecular flexibility index (Phi) is 2.91. The van der Waals surface area contributed by atoms with Crippen molar-refractivity contribution in [2.75, 3.05) is 20.2 Å². The number of methoxy groups -OCH3 is 1. The van der Waals surface area contributed by atoms with Gasteiger partial charge in [-0.05, 0) is 32.2 Å². The Morgan fingerprint density at radius 3 is 2.79 bits per heavy atom. The lowest BCUT2D eigenvalue weighted by atomic mass is 10.2. The molecule has 1 saturated carbocycles. The van der Waals surface area contributed by atoms with Gasteiger partial charge in [0, 0.05) is 18.6 Å². The summed E-state index contributed by atoms with van der Waals surface area (Å²) in [6, 6.07) is 0.930. The fourth-order valence-corrected chi connectivity index (χ4v) is 2.03. The molecular formula is C10H18N2O2. The first-order valence-corrected chi connectivity index (χ1v) is 5.39. The summed E-state index contributed by atoms with van der Waals surface area (Å²) in [4.78, 5) is 13.3. The Morgan fingerprint density at radius 1 is 1.50 bits per heavy atom. The molecule has 0 aromatic heterocycles. The first kappa shape index (κ1) is 9.77. The molecule has 1 unspecified atom stereocenters. The van der Waals surface area contributed by atoms with E-state index in [1.165, 1.54) is 20.0 Å². The third kappa shape index (κ3) is 2.18. The number of hydrogen-bond donors (Lipinski definition) is 1. The molecule has 1 amide bonds. The van der Waals surface area contributed by atoms with Crippen LogP contribution >= 0.6 is 0 Å². The molecule has 0 aromatic rings. The van der Waals surface area contributed by atoms with Crippen LogP contribution in [0.1, 0.15) is 25.7 Å². The molecule has 4 nitrogen and oxygen atoms in total. The minimum absolute atomic E-state index is 0.166. The molecule has 14 heavy (non-hydrogen) atoms. The van der Waals surface area contributed by atoms with Gasteiger partial charge in [0.2, 0.25) is 0 Å². The monoisotopic (exact) mass is 198 g/mol.